The van der Waals surface area contributed by atoms with Crippen molar-refractivity contribution in [2.45, 2.75) is 51.4 Å². The summed E-state index contributed by atoms with van der Waals surface area (Å²) in [5.41, 5.74) is -0.312. The predicted octanol–water partition coefficient (Wildman–Crippen LogP) is 4.17. The lowest BCUT2D eigenvalue weighted by molar-refractivity contribution is 0.0433. The van der Waals surface area contributed by atoms with Crippen molar-refractivity contribution in [3.05, 3.63) is 23.3 Å². The van der Waals surface area contributed by atoms with Crippen molar-refractivity contribution < 1.29 is 34.4 Å². The van der Waals surface area contributed by atoms with Gasteiger partial charge in [-0.05, 0) is 25.0 Å². The van der Waals surface area contributed by atoms with Crippen molar-refractivity contribution >= 4 is 27.9 Å². The molecule has 3 N–H and O–H groups in total. The second-order valence-electron chi connectivity index (χ2n) is 6.98. The zero-order chi connectivity index (χ0) is 21.6. The molecule has 0 aromatic heterocycles. The van der Waals surface area contributed by atoms with E-state index in [2.05, 4.69) is 20.7 Å². The quantitative estimate of drug-likeness (QED) is 0.160. The summed E-state index contributed by atoms with van der Waals surface area (Å²) in [6.07, 6.45) is 8.42. The summed E-state index contributed by atoms with van der Waals surface area (Å²) in [7, 11) is 1.16. The zero-order valence-electron chi connectivity index (χ0n) is 16.9. The number of halogens is 1. The molecule has 1 aromatic carbocycles. The number of esters is 2. The number of aliphatic hydroxyl groups excluding tert-OH is 1. The van der Waals surface area contributed by atoms with Crippen molar-refractivity contribution in [2.24, 2.45) is 5.92 Å². The topological polar surface area (TPSA) is 113 Å². The second-order valence-corrected chi connectivity index (χ2v) is 7.63. The van der Waals surface area contributed by atoms with Gasteiger partial charge in [0.2, 0.25) is 0 Å². The predicted molar refractivity (Wildman–Crippen MR) is 113 cm³/mol. The van der Waals surface area contributed by atoms with E-state index in [1.54, 1.807) is 0 Å². The third-order valence-electron chi connectivity index (χ3n) is 4.68. The van der Waals surface area contributed by atoms with Crippen molar-refractivity contribution in [3.8, 4) is 11.5 Å². The zero-order valence-corrected chi connectivity index (χ0v) is 18.4. The van der Waals surface area contributed by atoms with E-state index in [1.807, 2.05) is 0 Å². The summed E-state index contributed by atoms with van der Waals surface area (Å²) in [6.45, 7) is 0.444. The minimum absolute atomic E-state index is 0.139. The molecule has 0 fully saturated rings. The Bertz CT molecular complexity index is 648. The van der Waals surface area contributed by atoms with Crippen LogP contribution in [0.2, 0.25) is 0 Å². The van der Waals surface area contributed by atoms with Gasteiger partial charge in [-0.15, -0.1) is 0 Å². The molecule has 0 radical (unpaired) electrons. The monoisotopic (exact) mass is 474 g/mol. The molecule has 0 heterocycles. The average Bonchev–Trinajstić information content (AvgIpc) is 2.72. The van der Waals surface area contributed by atoms with Crippen LogP contribution in [0.5, 0.6) is 11.5 Å². The largest absolute Gasteiger partial charge is 0.504 e. The van der Waals surface area contributed by atoms with Gasteiger partial charge in [-0.3, -0.25) is 0 Å². The summed E-state index contributed by atoms with van der Waals surface area (Å²) in [5, 5.41) is 28.7. The highest BCUT2D eigenvalue weighted by molar-refractivity contribution is 9.09. The summed E-state index contributed by atoms with van der Waals surface area (Å²) in [4.78, 5) is 24.3. The number of alkyl halides is 1. The van der Waals surface area contributed by atoms with Crippen LogP contribution in [-0.4, -0.2) is 52.9 Å². The average molecular weight is 475 g/mol. The highest BCUT2D eigenvalue weighted by Crippen LogP contribution is 2.29. The van der Waals surface area contributed by atoms with Gasteiger partial charge in [-0.25, -0.2) is 9.59 Å². The summed E-state index contributed by atoms with van der Waals surface area (Å²) in [5.74, 6) is -2.45. The van der Waals surface area contributed by atoms with Crippen LogP contribution in [0.4, 0.5) is 0 Å². The second kappa shape index (κ2) is 14.2. The summed E-state index contributed by atoms with van der Waals surface area (Å²) >= 11 is 3.44. The fraction of sp³-hybridized carbons (Fsp3) is 0.619. The van der Waals surface area contributed by atoms with E-state index in [4.69, 9.17) is 9.84 Å². The van der Waals surface area contributed by atoms with Crippen LogP contribution < -0.4 is 0 Å². The number of phenolic OH excluding ortho intramolecular Hbond substituents is 2. The standard InChI is InChI=1S/C21H31BrO7/c1-28-20(26)16-11-18(24)19(25)12-17(16)21(27)29-14-15(13-22)9-7-5-3-2-4-6-8-10-23/h11-12,15,23-25H,2-10,13-14H2,1H3. The third-order valence-corrected chi connectivity index (χ3v) is 5.59. The van der Waals surface area contributed by atoms with Crippen molar-refractivity contribution in [1.82, 2.24) is 0 Å². The van der Waals surface area contributed by atoms with Gasteiger partial charge in [0.25, 0.3) is 0 Å². The van der Waals surface area contributed by atoms with E-state index in [0.717, 1.165) is 70.6 Å². The van der Waals surface area contributed by atoms with E-state index in [9.17, 15) is 19.8 Å². The Morgan fingerprint density at radius 1 is 0.931 bits per heavy atom. The molecule has 0 aliphatic rings. The summed E-state index contributed by atoms with van der Waals surface area (Å²) in [6, 6.07) is 1.99. The summed E-state index contributed by atoms with van der Waals surface area (Å²) < 4.78 is 9.96. The maximum absolute atomic E-state index is 12.4. The van der Waals surface area contributed by atoms with E-state index in [1.165, 1.54) is 0 Å². The Labute approximate surface area is 180 Å². The fourth-order valence-corrected chi connectivity index (χ4v) is 3.44. The SMILES string of the molecule is COC(=O)c1cc(O)c(O)cc1C(=O)OCC(CBr)CCCCCCCCCO. The molecular formula is C21H31BrO7. The van der Waals surface area contributed by atoms with Crippen molar-refractivity contribution in [3.63, 3.8) is 0 Å². The molecule has 29 heavy (non-hydrogen) atoms. The maximum Gasteiger partial charge on any atom is 0.339 e. The molecule has 0 aliphatic heterocycles. The van der Waals surface area contributed by atoms with E-state index in [0.29, 0.717) is 5.33 Å². The van der Waals surface area contributed by atoms with Gasteiger partial charge in [0.15, 0.2) is 11.5 Å². The molecule has 0 saturated carbocycles. The van der Waals surface area contributed by atoms with Crippen LogP contribution in [-0.2, 0) is 9.47 Å². The highest BCUT2D eigenvalue weighted by Gasteiger charge is 2.23. The van der Waals surface area contributed by atoms with Crippen LogP contribution >= 0.6 is 15.9 Å². The number of carbonyl (C=O) groups is 2. The van der Waals surface area contributed by atoms with Crippen molar-refractivity contribution in [1.29, 1.82) is 0 Å². The van der Waals surface area contributed by atoms with Gasteiger partial charge in [0, 0.05) is 17.9 Å². The molecule has 0 spiro atoms. The van der Waals surface area contributed by atoms with Crippen molar-refractivity contribution in [2.75, 3.05) is 25.7 Å². The molecular weight excluding hydrogens is 444 g/mol. The van der Waals surface area contributed by atoms with Gasteiger partial charge in [-0.2, -0.15) is 0 Å². The molecule has 1 atom stereocenters. The molecule has 1 unspecified atom stereocenters. The Morgan fingerprint density at radius 3 is 1.97 bits per heavy atom. The Hall–Kier alpha value is -1.80. The molecule has 0 saturated heterocycles. The van der Waals surface area contributed by atoms with Crippen LogP contribution in [0.3, 0.4) is 0 Å². The van der Waals surface area contributed by atoms with E-state index in [-0.39, 0.29) is 30.3 Å². The number of unbranched alkanes of at least 4 members (excludes halogenated alkanes) is 6. The molecule has 1 aromatic rings. The Balaban J connectivity index is 2.49. The number of carbonyl (C=O) groups excluding carboxylic acids is 2. The number of aromatic hydroxyl groups is 2. The molecule has 0 amide bonds. The number of hydrogen-bond donors (Lipinski definition) is 3. The van der Waals surface area contributed by atoms with Crippen LogP contribution in [0, 0.1) is 5.92 Å². The molecule has 1 rings (SSSR count). The molecule has 0 aliphatic carbocycles. The number of hydrogen-bond acceptors (Lipinski definition) is 7. The van der Waals surface area contributed by atoms with Gasteiger partial charge in [-0.1, -0.05) is 54.5 Å². The number of methoxy groups -OCH3 is 1. The molecule has 164 valence electrons. The van der Waals surface area contributed by atoms with E-state index >= 15 is 0 Å². The number of aliphatic hydroxyl groups is 1. The number of rotatable bonds is 14. The fourth-order valence-electron chi connectivity index (χ4n) is 2.93. The molecule has 8 heteroatoms. The third kappa shape index (κ3) is 9.04. The lowest BCUT2D eigenvalue weighted by atomic mass is 10.0. The number of benzene rings is 1. The number of phenols is 2. The normalized spacial score (nSPS) is 11.8. The highest BCUT2D eigenvalue weighted by atomic mass is 79.9. The van der Waals surface area contributed by atoms with E-state index < -0.39 is 23.4 Å². The number of ether oxygens (including phenoxy) is 2. The molecule has 7 nitrogen and oxygen atoms in total. The Kier molecular flexibility index (Phi) is 12.4. The van der Waals surface area contributed by atoms with Gasteiger partial charge in [0.05, 0.1) is 24.8 Å². The first-order valence-electron chi connectivity index (χ1n) is 9.92. The van der Waals surface area contributed by atoms with Crippen LogP contribution in [0.1, 0.15) is 72.1 Å². The van der Waals surface area contributed by atoms with Gasteiger partial charge >= 0.3 is 11.9 Å². The first-order chi connectivity index (χ1) is 13.9. The smallest absolute Gasteiger partial charge is 0.339 e. The Morgan fingerprint density at radius 2 is 1.45 bits per heavy atom. The van der Waals surface area contributed by atoms with Gasteiger partial charge < -0.3 is 24.8 Å². The lowest BCUT2D eigenvalue weighted by Crippen LogP contribution is -2.18. The maximum atomic E-state index is 12.4. The minimum atomic E-state index is -0.803. The minimum Gasteiger partial charge on any atom is -0.504 e. The van der Waals surface area contributed by atoms with Gasteiger partial charge in [0.1, 0.15) is 0 Å². The first kappa shape index (κ1) is 25.2. The first-order valence-corrected chi connectivity index (χ1v) is 11.0. The van der Waals surface area contributed by atoms with Crippen LogP contribution in [0.15, 0.2) is 12.1 Å². The lowest BCUT2D eigenvalue weighted by Gasteiger charge is -2.15. The van der Waals surface area contributed by atoms with Crippen LogP contribution in [0.25, 0.3) is 0 Å². The molecule has 0 bridgehead atoms.